The molecule has 2 aromatic heterocycles. The number of benzene rings is 1. The Bertz CT molecular complexity index is 2110. The lowest BCUT2D eigenvalue weighted by molar-refractivity contribution is -0.142. The molecule has 1 aliphatic heterocycles. The summed E-state index contributed by atoms with van der Waals surface area (Å²) in [5.41, 5.74) is 0.934. The van der Waals surface area contributed by atoms with E-state index in [0.717, 1.165) is 30.8 Å². The number of carbonyl (C=O) groups is 3. The van der Waals surface area contributed by atoms with E-state index < -0.39 is 66.2 Å². The zero-order valence-electron chi connectivity index (χ0n) is 33.2. The number of methoxy groups -OCH3 is 1. The van der Waals surface area contributed by atoms with Gasteiger partial charge in [-0.15, -0.1) is 17.9 Å². The monoisotopic (exact) mass is 821 g/mol. The number of pyridine rings is 1. The van der Waals surface area contributed by atoms with Gasteiger partial charge >= 0.3 is 6.09 Å². The number of nitriles is 1. The maximum atomic E-state index is 14.7. The van der Waals surface area contributed by atoms with Crippen LogP contribution >= 0.6 is 18.7 Å². The third-order valence-electron chi connectivity index (χ3n) is 10.8. The van der Waals surface area contributed by atoms with Crippen molar-refractivity contribution in [2.24, 2.45) is 11.3 Å². The molecule has 0 radical (unpaired) electrons. The van der Waals surface area contributed by atoms with E-state index in [9.17, 15) is 29.1 Å². The molecule has 3 fully saturated rings. The van der Waals surface area contributed by atoms with Gasteiger partial charge in [-0.05, 0) is 63.5 Å². The number of amides is 3. The third kappa shape index (κ3) is 9.06. The van der Waals surface area contributed by atoms with Crippen LogP contribution in [0.2, 0.25) is 0 Å². The number of carbonyl (C=O) groups excluding carboxylic acids is 3. The first kappa shape index (κ1) is 41.9. The van der Waals surface area contributed by atoms with Gasteiger partial charge in [0.05, 0.1) is 30.9 Å². The highest BCUT2D eigenvalue weighted by Crippen LogP contribution is 2.69. The van der Waals surface area contributed by atoms with Crippen LogP contribution in [0.1, 0.15) is 73.1 Å². The highest BCUT2D eigenvalue weighted by Gasteiger charge is 2.66. The zero-order chi connectivity index (χ0) is 41.3. The molecule has 1 unspecified atom stereocenters. The van der Waals surface area contributed by atoms with Gasteiger partial charge in [-0.1, -0.05) is 26.8 Å². The first-order chi connectivity index (χ1) is 27.0. The molecule has 3 aromatic rings. The van der Waals surface area contributed by atoms with Crippen LogP contribution in [0.3, 0.4) is 0 Å². The van der Waals surface area contributed by atoms with Gasteiger partial charge < -0.3 is 40.0 Å². The summed E-state index contributed by atoms with van der Waals surface area (Å²) in [6.07, 6.45) is 2.68. The van der Waals surface area contributed by atoms with Gasteiger partial charge in [0.2, 0.25) is 19.2 Å². The topological polar surface area (TPSA) is 205 Å². The van der Waals surface area contributed by atoms with Crippen LogP contribution in [0.5, 0.6) is 11.5 Å². The van der Waals surface area contributed by atoms with Crippen molar-refractivity contribution in [2.75, 3.05) is 25.1 Å². The van der Waals surface area contributed by atoms with Crippen molar-refractivity contribution in [1.82, 2.24) is 25.5 Å². The van der Waals surface area contributed by atoms with Crippen molar-refractivity contribution >= 4 is 52.6 Å². The summed E-state index contributed by atoms with van der Waals surface area (Å²) in [7, 11) is -2.65. The minimum Gasteiger partial charge on any atom is -0.497 e. The fraction of sp³-hybridized carbons (Fsp3) is 0.550. The standard InChI is InChI=1S/C40H52N7O8PS/c1-8-24-20-40(24,56(51,52)16-15-41)46-35(48)32-18-27(21-47(32)36(49)34(39(4,5)6)45-38(50)55-25-11-9-10-12-25)54-33-19-30(31-22-57-37(44-31)42-23(2)3)43-29-17-26(53-7)13-14-28(29)33/h8,13-14,17,19,22-25,27,32,34H,1,9-12,16,18,20-21H2,2-7H3,(H,42,44)(H,45,50)(H,46,48)(H,51,52)/t24-,27-,32+,34-,40+/m1/s1. The first-order valence-electron chi connectivity index (χ1n) is 19.3. The number of nitrogens with one attached hydrogen (secondary N) is 3. The summed E-state index contributed by atoms with van der Waals surface area (Å²) in [5, 5.41) is 20.0. The Kier molecular flexibility index (Phi) is 12.2. The van der Waals surface area contributed by atoms with Gasteiger partial charge in [0.15, 0.2) is 5.13 Å². The van der Waals surface area contributed by atoms with Gasteiger partial charge in [-0.3, -0.25) is 14.2 Å². The molecule has 3 amide bonds. The summed E-state index contributed by atoms with van der Waals surface area (Å²) < 4.78 is 31.4. The predicted octanol–water partition coefficient (Wildman–Crippen LogP) is 6.43. The smallest absolute Gasteiger partial charge is 0.408 e. The molecule has 1 aromatic carbocycles. The molecule has 0 bridgehead atoms. The highest BCUT2D eigenvalue weighted by atomic mass is 32.1. The number of hydrogen-bond donors (Lipinski definition) is 4. The zero-order valence-corrected chi connectivity index (χ0v) is 35.0. The van der Waals surface area contributed by atoms with Crippen molar-refractivity contribution < 1.29 is 38.1 Å². The van der Waals surface area contributed by atoms with E-state index in [0.29, 0.717) is 33.8 Å². The Hall–Kier alpha value is -4.71. The molecule has 2 saturated carbocycles. The number of alkyl carbamates (subject to hydrolysis) is 1. The lowest BCUT2D eigenvalue weighted by Crippen LogP contribution is -2.58. The van der Waals surface area contributed by atoms with E-state index in [1.54, 1.807) is 31.4 Å². The average Bonchev–Trinajstić information content (AvgIpc) is 3.55. The van der Waals surface area contributed by atoms with E-state index in [2.05, 4.69) is 22.5 Å². The third-order valence-corrected chi connectivity index (χ3v) is 14.0. The second kappa shape index (κ2) is 16.6. The summed E-state index contributed by atoms with van der Waals surface area (Å²) in [6.45, 7) is 13.2. The fourth-order valence-corrected chi connectivity index (χ4v) is 10.4. The Morgan fingerprint density at radius 1 is 1.18 bits per heavy atom. The van der Waals surface area contributed by atoms with E-state index >= 15 is 0 Å². The first-order valence-corrected chi connectivity index (χ1v) is 22.0. The van der Waals surface area contributed by atoms with Crippen LogP contribution in [0, 0.1) is 22.7 Å². The number of anilines is 1. The number of aromatic nitrogens is 2. The van der Waals surface area contributed by atoms with Crippen LogP contribution in [0.25, 0.3) is 22.3 Å². The van der Waals surface area contributed by atoms with Crippen molar-refractivity contribution in [3.05, 3.63) is 42.3 Å². The van der Waals surface area contributed by atoms with Crippen molar-refractivity contribution in [2.45, 2.75) is 109 Å². The predicted molar refractivity (Wildman–Crippen MR) is 217 cm³/mol. The second-order valence-corrected chi connectivity index (χ2v) is 19.8. The van der Waals surface area contributed by atoms with Crippen molar-refractivity contribution in [1.29, 1.82) is 5.26 Å². The molecule has 3 heterocycles. The molecule has 6 atom stereocenters. The lowest BCUT2D eigenvalue weighted by atomic mass is 9.85. The van der Waals surface area contributed by atoms with Crippen molar-refractivity contribution in [3.63, 3.8) is 0 Å². The Balaban J connectivity index is 1.35. The van der Waals surface area contributed by atoms with E-state index in [1.807, 2.05) is 46.1 Å². The molecule has 306 valence electrons. The maximum Gasteiger partial charge on any atom is 0.408 e. The Labute approximate surface area is 337 Å². The minimum absolute atomic E-state index is 0.0121. The molecule has 15 nitrogen and oxygen atoms in total. The van der Waals surface area contributed by atoms with E-state index in [-0.39, 0.29) is 31.5 Å². The summed E-state index contributed by atoms with van der Waals surface area (Å²) in [4.78, 5) is 64.3. The van der Waals surface area contributed by atoms with Gasteiger partial charge in [0.25, 0.3) is 0 Å². The number of fused-ring (bicyclic) bond motifs is 1. The van der Waals surface area contributed by atoms with Crippen molar-refractivity contribution in [3.8, 4) is 29.0 Å². The molecule has 6 rings (SSSR count). The summed E-state index contributed by atoms with van der Waals surface area (Å²) in [5.74, 6) is -0.732. The number of hydrogen-bond acceptors (Lipinski definition) is 12. The van der Waals surface area contributed by atoms with Crippen LogP contribution in [0.4, 0.5) is 9.93 Å². The SMILES string of the molecule is C=C[C@@H]1C[C@]1(NC(=O)[C@@H]1C[C@@H](Oc2cc(-c3csc(NC(C)C)n3)nc3cc(OC)ccc23)CN1C(=O)[C@@H](NC(=O)OC1CCCC1)C(C)(C)C)P(=O)(O)CC#N. The minimum atomic E-state index is -4.22. The molecule has 3 aliphatic rings. The molecule has 57 heavy (non-hydrogen) atoms. The van der Waals surface area contributed by atoms with Crippen LogP contribution in [0.15, 0.2) is 42.3 Å². The lowest BCUT2D eigenvalue weighted by Gasteiger charge is -2.35. The van der Waals surface area contributed by atoms with Crippen LogP contribution in [-0.2, 0) is 18.9 Å². The van der Waals surface area contributed by atoms with Gasteiger partial charge in [0, 0.05) is 41.3 Å². The van der Waals surface area contributed by atoms with E-state index in [4.69, 9.17) is 24.2 Å². The Morgan fingerprint density at radius 2 is 1.91 bits per heavy atom. The fourth-order valence-electron chi connectivity index (χ4n) is 7.64. The van der Waals surface area contributed by atoms with Gasteiger partial charge in [0.1, 0.15) is 52.9 Å². The number of likely N-dealkylation sites (tertiary alicyclic amines) is 1. The summed E-state index contributed by atoms with van der Waals surface area (Å²) in [6, 6.07) is 6.86. The van der Waals surface area contributed by atoms with Crippen LogP contribution in [-0.4, -0.2) is 93.1 Å². The van der Waals surface area contributed by atoms with E-state index in [1.165, 1.54) is 22.3 Å². The highest BCUT2D eigenvalue weighted by molar-refractivity contribution is 7.60. The molecular weight excluding hydrogens is 770 g/mol. The quantitative estimate of drug-likeness (QED) is 0.103. The average molecular weight is 822 g/mol. The largest absolute Gasteiger partial charge is 0.497 e. The molecule has 1 saturated heterocycles. The Morgan fingerprint density at radius 3 is 2.54 bits per heavy atom. The molecule has 17 heteroatoms. The molecule has 4 N–H and O–H groups in total. The number of ether oxygens (including phenoxy) is 3. The number of nitrogens with zero attached hydrogens (tertiary/aromatic N) is 4. The molecular formula is C40H52N7O8PS. The normalized spacial score (nSPS) is 23.6. The molecule has 0 spiro atoms. The van der Waals surface area contributed by atoms with Gasteiger partial charge in [-0.2, -0.15) is 5.26 Å². The van der Waals surface area contributed by atoms with Gasteiger partial charge in [-0.25, -0.2) is 14.8 Å². The number of thiazole rings is 1. The number of rotatable bonds is 14. The maximum absolute atomic E-state index is 14.7. The second-order valence-electron chi connectivity index (χ2n) is 16.4. The van der Waals surface area contributed by atoms with Crippen LogP contribution < -0.4 is 25.4 Å². The summed E-state index contributed by atoms with van der Waals surface area (Å²) >= 11 is 1.45. The molecule has 2 aliphatic carbocycles.